The number of thioether (sulfide) groups is 1. The van der Waals surface area contributed by atoms with E-state index in [2.05, 4.69) is 60.7 Å². The van der Waals surface area contributed by atoms with Crippen molar-refractivity contribution in [2.75, 3.05) is 12.4 Å². The first-order chi connectivity index (χ1) is 17.1. The van der Waals surface area contributed by atoms with E-state index in [-0.39, 0.29) is 23.4 Å². The van der Waals surface area contributed by atoms with Crippen LogP contribution in [0.25, 0.3) is 0 Å². The van der Waals surface area contributed by atoms with Crippen LogP contribution in [0, 0.1) is 11.3 Å². The molecule has 0 aliphatic carbocycles. The molecule has 0 spiro atoms. The molecule has 0 N–H and O–H groups in total. The Balaban J connectivity index is 1.39. The Hall–Kier alpha value is -2.60. The molecule has 2 bridgehead atoms. The highest BCUT2D eigenvalue weighted by Gasteiger charge is 2.55. The first kappa shape index (κ1) is 24.1. The van der Waals surface area contributed by atoms with Gasteiger partial charge < -0.3 is 14.2 Å². The van der Waals surface area contributed by atoms with Crippen LogP contribution in [0.4, 0.5) is 0 Å². The van der Waals surface area contributed by atoms with Crippen molar-refractivity contribution >= 4 is 17.7 Å². The van der Waals surface area contributed by atoms with Gasteiger partial charge in [-0.05, 0) is 42.5 Å². The maximum Gasteiger partial charge on any atom is 0.309 e. The van der Waals surface area contributed by atoms with Gasteiger partial charge in [-0.15, -0.1) is 11.8 Å². The van der Waals surface area contributed by atoms with Gasteiger partial charge in [-0.1, -0.05) is 85.8 Å². The molecule has 2 aliphatic rings. The molecule has 0 amide bonds. The van der Waals surface area contributed by atoms with Gasteiger partial charge >= 0.3 is 5.97 Å². The van der Waals surface area contributed by atoms with E-state index < -0.39 is 12.4 Å². The molecule has 0 aromatic heterocycles. The van der Waals surface area contributed by atoms with Crippen molar-refractivity contribution in [3.63, 3.8) is 0 Å². The smallest absolute Gasteiger partial charge is 0.309 e. The summed E-state index contributed by atoms with van der Waals surface area (Å²) in [7, 11) is 0. The summed E-state index contributed by atoms with van der Waals surface area (Å²) in [6.07, 6.45) is 1.41. The Morgan fingerprint density at radius 1 is 0.943 bits per heavy atom. The van der Waals surface area contributed by atoms with Crippen molar-refractivity contribution in [2.45, 2.75) is 49.6 Å². The summed E-state index contributed by atoms with van der Waals surface area (Å²) in [5.74, 6) is 0.224. The predicted molar refractivity (Wildman–Crippen MR) is 138 cm³/mol. The van der Waals surface area contributed by atoms with E-state index in [1.165, 1.54) is 11.1 Å². The number of carbonyl (C=O) groups is 1. The molecule has 4 nitrogen and oxygen atoms in total. The standard InChI is InChI=1S/C30H32O4S/c1-22(21-35-26-15-9-4-10-16-26)28(31)34-27-29-32-20-25(33-29)19-30(27,17-23-11-5-2-6-12-23)18-24-13-7-3-8-14-24/h2-16,22,25,27,29H,17-21H2,1H3/t22-,25-,27+,29+/m0/s1. The van der Waals surface area contributed by atoms with Gasteiger partial charge in [-0.3, -0.25) is 4.79 Å². The number of esters is 1. The Morgan fingerprint density at radius 2 is 1.51 bits per heavy atom. The average Bonchev–Trinajstić information content (AvgIpc) is 3.29. The first-order valence-corrected chi connectivity index (χ1v) is 13.3. The fourth-order valence-corrected chi connectivity index (χ4v) is 6.16. The molecule has 5 heteroatoms. The topological polar surface area (TPSA) is 44.8 Å². The zero-order valence-electron chi connectivity index (χ0n) is 20.0. The molecule has 0 unspecified atom stereocenters. The number of benzene rings is 3. The zero-order chi connectivity index (χ0) is 24.1. The van der Waals surface area contributed by atoms with Gasteiger partial charge in [-0.25, -0.2) is 0 Å². The van der Waals surface area contributed by atoms with Gasteiger partial charge in [0.15, 0.2) is 12.4 Å². The minimum atomic E-state index is -0.529. The van der Waals surface area contributed by atoms with Gasteiger partial charge in [0.25, 0.3) is 0 Å². The van der Waals surface area contributed by atoms with Gasteiger partial charge in [-0.2, -0.15) is 0 Å². The molecule has 4 atom stereocenters. The van der Waals surface area contributed by atoms with E-state index in [4.69, 9.17) is 14.2 Å². The van der Waals surface area contributed by atoms with Crippen molar-refractivity contribution in [3.8, 4) is 0 Å². The molecule has 35 heavy (non-hydrogen) atoms. The van der Waals surface area contributed by atoms with Crippen LogP contribution < -0.4 is 0 Å². The second kappa shape index (κ2) is 11.0. The molecule has 182 valence electrons. The van der Waals surface area contributed by atoms with Crippen molar-refractivity contribution < 1.29 is 19.0 Å². The largest absolute Gasteiger partial charge is 0.456 e. The van der Waals surface area contributed by atoms with E-state index in [1.807, 2.05) is 37.3 Å². The highest BCUT2D eigenvalue weighted by atomic mass is 32.2. The maximum absolute atomic E-state index is 13.4. The summed E-state index contributed by atoms with van der Waals surface area (Å²) in [5.41, 5.74) is 2.16. The fourth-order valence-electron chi connectivity index (χ4n) is 5.24. The minimum absolute atomic E-state index is 0.0217. The lowest BCUT2D eigenvalue weighted by molar-refractivity contribution is -0.226. The normalized spacial score (nSPS) is 23.5. The van der Waals surface area contributed by atoms with E-state index in [9.17, 15) is 4.79 Å². The van der Waals surface area contributed by atoms with E-state index in [0.29, 0.717) is 12.4 Å². The monoisotopic (exact) mass is 488 g/mol. The van der Waals surface area contributed by atoms with Crippen LogP contribution in [0.1, 0.15) is 24.5 Å². The molecule has 0 radical (unpaired) electrons. The van der Waals surface area contributed by atoms with Crippen molar-refractivity contribution in [1.82, 2.24) is 0 Å². The van der Waals surface area contributed by atoms with E-state index >= 15 is 0 Å². The lowest BCUT2D eigenvalue weighted by Crippen LogP contribution is -2.54. The SMILES string of the molecule is C[C@@H](CSc1ccccc1)C(=O)O[C@@H]1[C@@H]2OC[C@H](CC1(Cc1ccccc1)Cc1ccccc1)O2. The third-order valence-electron chi connectivity index (χ3n) is 6.94. The quantitative estimate of drug-likeness (QED) is 0.275. The number of fused-ring (bicyclic) bond motifs is 2. The zero-order valence-corrected chi connectivity index (χ0v) is 20.9. The van der Waals surface area contributed by atoms with Crippen LogP contribution in [0.2, 0.25) is 0 Å². The maximum atomic E-state index is 13.4. The summed E-state index contributed by atoms with van der Waals surface area (Å²) >= 11 is 1.68. The highest BCUT2D eigenvalue weighted by molar-refractivity contribution is 7.99. The number of hydrogen-bond donors (Lipinski definition) is 0. The van der Waals surface area contributed by atoms with Crippen molar-refractivity contribution in [1.29, 1.82) is 0 Å². The van der Waals surface area contributed by atoms with Gasteiger partial charge in [0.1, 0.15) is 0 Å². The van der Waals surface area contributed by atoms with Gasteiger partial charge in [0.05, 0.1) is 18.6 Å². The Labute approximate surface area is 212 Å². The van der Waals surface area contributed by atoms with Gasteiger partial charge in [0, 0.05) is 16.1 Å². The Morgan fingerprint density at radius 3 is 2.11 bits per heavy atom. The Kier molecular flexibility index (Phi) is 7.57. The molecule has 2 saturated heterocycles. The molecular formula is C30H32O4S. The highest BCUT2D eigenvalue weighted by Crippen LogP contribution is 2.47. The van der Waals surface area contributed by atoms with E-state index in [1.54, 1.807) is 11.8 Å². The molecule has 2 aliphatic heterocycles. The molecule has 2 heterocycles. The molecule has 0 saturated carbocycles. The van der Waals surface area contributed by atoms with Crippen LogP contribution >= 0.6 is 11.8 Å². The predicted octanol–water partition coefficient (Wildman–Crippen LogP) is 5.94. The molecule has 3 aromatic rings. The summed E-state index contributed by atoms with van der Waals surface area (Å²) in [6.45, 7) is 2.49. The number of rotatable bonds is 9. The van der Waals surface area contributed by atoms with Crippen LogP contribution in [-0.4, -0.2) is 36.8 Å². The van der Waals surface area contributed by atoms with Crippen LogP contribution in [0.15, 0.2) is 95.9 Å². The summed E-state index contributed by atoms with van der Waals surface area (Å²) in [4.78, 5) is 14.5. The number of carbonyl (C=O) groups excluding carboxylic acids is 1. The van der Waals surface area contributed by atoms with Crippen molar-refractivity contribution in [2.24, 2.45) is 11.3 Å². The summed E-state index contributed by atoms with van der Waals surface area (Å²) in [6, 6.07) is 31.1. The number of hydrogen-bond acceptors (Lipinski definition) is 5. The van der Waals surface area contributed by atoms with Crippen LogP contribution in [-0.2, 0) is 31.8 Å². The Bertz CT molecular complexity index is 1050. The molecule has 3 aromatic carbocycles. The summed E-state index contributed by atoms with van der Waals surface area (Å²) in [5, 5.41) is 0. The average molecular weight is 489 g/mol. The van der Waals surface area contributed by atoms with Crippen LogP contribution in [0.3, 0.4) is 0 Å². The number of ether oxygens (including phenoxy) is 3. The van der Waals surface area contributed by atoms with E-state index in [0.717, 1.165) is 24.2 Å². The lowest BCUT2D eigenvalue weighted by Gasteiger charge is -2.46. The second-order valence-electron chi connectivity index (χ2n) is 9.73. The lowest BCUT2D eigenvalue weighted by atomic mass is 9.67. The molecule has 5 rings (SSSR count). The van der Waals surface area contributed by atoms with Gasteiger partial charge in [0.2, 0.25) is 0 Å². The summed E-state index contributed by atoms with van der Waals surface area (Å²) < 4.78 is 18.5. The fraction of sp³-hybridized carbons (Fsp3) is 0.367. The molecular weight excluding hydrogens is 456 g/mol. The first-order valence-electron chi connectivity index (χ1n) is 12.3. The molecule has 2 fully saturated rings. The van der Waals surface area contributed by atoms with Crippen molar-refractivity contribution in [3.05, 3.63) is 102 Å². The second-order valence-corrected chi connectivity index (χ2v) is 10.8. The minimum Gasteiger partial charge on any atom is -0.456 e. The van der Waals surface area contributed by atoms with Crippen LogP contribution in [0.5, 0.6) is 0 Å². The third kappa shape index (κ3) is 5.80. The third-order valence-corrected chi connectivity index (χ3v) is 8.22.